The molecule has 22 heavy (non-hydrogen) atoms. The molecule has 1 heterocycles. The minimum atomic E-state index is 0.624. The zero-order valence-electron chi connectivity index (χ0n) is 14.0. The lowest BCUT2D eigenvalue weighted by Crippen LogP contribution is -2.40. The van der Waals surface area contributed by atoms with Crippen LogP contribution in [0.3, 0.4) is 0 Å². The van der Waals surface area contributed by atoms with Gasteiger partial charge in [0.05, 0.1) is 12.2 Å². The molecule has 2 N–H and O–H groups in total. The number of guanidine groups is 1. The Kier molecular flexibility index (Phi) is 7.20. The Balaban J connectivity index is 1.79. The van der Waals surface area contributed by atoms with Gasteiger partial charge in [0.2, 0.25) is 0 Å². The molecule has 1 aliphatic carbocycles. The van der Waals surface area contributed by atoms with Gasteiger partial charge in [0.1, 0.15) is 0 Å². The van der Waals surface area contributed by atoms with Crippen LogP contribution in [0.1, 0.15) is 51.6 Å². The first-order valence-corrected chi connectivity index (χ1v) is 8.73. The van der Waals surface area contributed by atoms with Gasteiger partial charge in [0.25, 0.3) is 0 Å². The standard InChI is InChI=1S/C18H30N4/c1-3-15-8-10-16(11-9-15)13-21-18(19-4-2)22-14-17-7-5-6-12-20-17/h5-7,12,15-16H,3-4,8-11,13-14H2,1-2H3,(H2,19,21,22). The van der Waals surface area contributed by atoms with Crippen molar-refractivity contribution in [2.75, 3.05) is 13.1 Å². The fourth-order valence-electron chi connectivity index (χ4n) is 3.08. The normalized spacial score (nSPS) is 22.4. The Morgan fingerprint density at radius 1 is 1.14 bits per heavy atom. The van der Waals surface area contributed by atoms with Crippen LogP contribution in [0.4, 0.5) is 0 Å². The lowest BCUT2D eigenvalue weighted by atomic mass is 9.81. The summed E-state index contributed by atoms with van der Waals surface area (Å²) in [7, 11) is 0. The minimum Gasteiger partial charge on any atom is -0.357 e. The van der Waals surface area contributed by atoms with E-state index in [9.17, 15) is 0 Å². The summed E-state index contributed by atoms with van der Waals surface area (Å²) in [6.45, 7) is 6.96. The van der Waals surface area contributed by atoms with E-state index in [0.29, 0.717) is 6.54 Å². The van der Waals surface area contributed by atoms with Crippen LogP contribution < -0.4 is 10.6 Å². The fraction of sp³-hybridized carbons (Fsp3) is 0.667. The smallest absolute Gasteiger partial charge is 0.191 e. The Morgan fingerprint density at radius 3 is 2.55 bits per heavy atom. The van der Waals surface area contributed by atoms with E-state index >= 15 is 0 Å². The van der Waals surface area contributed by atoms with Gasteiger partial charge in [-0.15, -0.1) is 0 Å². The second-order valence-electron chi connectivity index (χ2n) is 6.19. The van der Waals surface area contributed by atoms with Gasteiger partial charge in [-0.05, 0) is 43.7 Å². The molecule has 1 aromatic rings. The minimum absolute atomic E-state index is 0.624. The zero-order chi connectivity index (χ0) is 15.6. The molecule has 0 aromatic carbocycles. The maximum atomic E-state index is 4.63. The summed E-state index contributed by atoms with van der Waals surface area (Å²) in [4.78, 5) is 8.95. The molecule has 0 atom stereocenters. The van der Waals surface area contributed by atoms with Crippen LogP contribution in [-0.2, 0) is 6.54 Å². The summed E-state index contributed by atoms with van der Waals surface area (Å²) in [5.74, 6) is 2.66. The summed E-state index contributed by atoms with van der Waals surface area (Å²) < 4.78 is 0. The Hall–Kier alpha value is -1.58. The number of pyridine rings is 1. The van der Waals surface area contributed by atoms with Gasteiger partial charge >= 0.3 is 0 Å². The van der Waals surface area contributed by atoms with Gasteiger partial charge in [0, 0.05) is 19.3 Å². The van der Waals surface area contributed by atoms with Crippen LogP contribution in [0.25, 0.3) is 0 Å². The summed E-state index contributed by atoms with van der Waals surface area (Å²) in [5, 5.41) is 6.83. The third-order valence-electron chi connectivity index (χ3n) is 4.57. The maximum absolute atomic E-state index is 4.63. The van der Waals surface area contributed by atoms with E-state index in [1.807, 2.05) is 24.4 Å². The molecule has 0 bridgehead atoms. The third kappa shape index (κ3) is 5.66. The van der Waals surface area contributed by atoms with Gasteiger partial charge in [-0.2, -0.15) is 0 Å². The van der Waals surface area contributed by atoms with E-state index in [1.165, 1.54) is 32.1 Å². The second kappa shape index (κ2) is 9.44. The average molecular weight is 302 g/mol. The Labute approximate surface area is 134 Å². The molecule has 0 amide bonds. The number of aromatic nitrogens is 1. The number of nitrogens with zero attached hydrogens (tertiary/aromatic N) is 2. The van der Waals surface area contributed by atoms with Crippen molar-refractivity contribution in [2.24, 2.45) is 16.8 Å². The number of aliphatic imine (C=N–C) groups is 1. The summed E-state index contributed by atoms with van der Waals surface area (Å²) in [6, 6.07) is 5.95. The highest BCUT2D eigenvalue weighted by Crippen LogP contribution is 2.29. The van der Waals surface area contributed by atoms with Crippen LogP contribution in [0.15, 0.2) is 29.4 Å². The highest BCUT2D eigenvalue weighted by atomic mass is 15.2. The van der Waals surface area contributed by atoms with Crippen molar-refractivity contribution in [2.45, 2.75) is 52.5 Å². The van der Waals surface area contributed by atoms with Crippen molar-refractivity contribution < 1.29 is 0 Å². The predicted molar refractivity (Wildman–Crippen MR) is 92.8 cm³/mol. The molecule has 122 valence electrons. The highest BCUT2D eigenvalue weighted by molar-refractivity contribution is 5.79. The van der Waals surface area contributed by atoms with E-state index in [4.69, 9.17) is 0 Å². The van der Waals surface area contributed by atoms with Crippen LogP contribution in [0, 0.1) is 11.8 Å². The first kappa shape index (κ1) is 16.8. The second-order valence-corrected chi connectivity index (χ2v) is 6.19. The first-order chi connectivity index (χ1) is 10.8. The fourth-order valence-corrected chi connectivity index (χ4v) is 3.08. The number of nitrogens with one attached hydrogen (secondary N) is 2. The molecule has 1 aromatic heterocycles. The third-order valence-corrected chi connectivity index (χ3v) is 4.57. The topological polar surface area (TPSA) is 49.3 Å². The molecule has 4 heteroatoms. The van der Waals surface area contributed by atoms with Crippen LogP contribution in [0.5, 0.6) is 0 Å². The zero-order valence-corrected chi connectivity index (χ0v) is 14.0. The number of hydrogen-bond donors (Lipinski definition) is 2. The number of hydrogen-bond acceptors (Lipinski definition) is 2. The highest BCUT2D eigenvalue weighted by Gasteiger charge is 2.19. The van der Waals surface area contributed by atoms with Crippen molar-refractivity contribution in [3.8, 4) is 0 Å². The van der Waals surface area contributed by atoms with E-state index < -0.39 is 0 Å². The molecule has 0 unspecified atom stereocenters. The van der Waals surface area contributed by atoms with E-state index in [-0.39, 0.29) is 0 Å². The van der Waals surface area contributed by atoms with Crippen molar-refractivity contribution in [3.63, 3.8) is 0 Å². The molecule has 0 radical (unpaired) electrons. The molecular weight excluding hydrogens is 272 g/mol. The summed E-state index contributed by atoms with van der Waals surface area (Å²) >= 11 is 0. The SMILES string of the molecule is CCNC(=NCc1ccccn1)NCC1CCC(CC)CC1. The van der Waals surface area contributed by atoms with Crippen LogP contribution >= 0.6 is 0 Å². The summed E-state index contributed by atoms with van der Waals surface area (Å²) in [5.41, 5.74) is 1.00. The molecule has 0 aliphatic heterocycles. The first-order valence-electron chi connectivity index (χ1n) is 8.73. The molecule has 1 saturated carbocycles. The van der Waals surface area contributed by atoms with Crippen molar-refractivity contribution in [3.05, 3.63) is 30.1 Å². The molecule has 0 saturated heterocycles. The Morgan fingerprint density at radius 2 is 1.91 bits per heavy atom. The average Bonchev–Trinajstić information content (AvgIpc) is 2.59. The summed E-state index contributed by atoms with van der Waals surface area (Å²) in [6.07, 6.45) is 8.65. The van der Waals surface area contributed by atoms with Gasteiger partial charge in [0.15, 0.2) is 5.96 Å². The lowest BCUT2D eigenvalue weighted by Gasteiger charge is -2.28. The molecular formula is C18H30N4. The monoisotopic (exact) mass is 302 g/mol. The van der Waals surface area contributed by atoms with E-state index in [0.717, 1.165) is 36.6 Å². The van der Waals surface area contributed by atoms with Crippen molar-refractivity contribution in [1.29, 1.82) is 0 Å². The molecule has 1 aliphatic rings. The van der Waals surface area contributed by atoms with E-state index in [2.05, 4.69) is 34.5 Å². The molecule has 4 nitrogen and oxygen atoms in total. The van der Waals surface area contributed by atoms with Crippen LogP contribution in [-0.4, -0.2) is 24.0 Å². The van der Waals surface area contributed by atoms with Gasteiger partial charge in [-0.1, -0.05) is 32.3 Å². The van der Waals surface area contributed by atoms with Gasteiger partial charge < -0.3 is 10.6 Å². The quantitative estimate of drug-likeness (QED) is 0.626. The maximum Gasteiger partial charge on any atom is 0.191 e. The van der Waals surface area contributed by atoms with Crippen LogP contribution in [0.2, 0.25) is 0 Å². The number of rotatable bonds is 6. The Bertz CT molecular complexity index is 436. The predicted octanol–water partition coefficient (Wildman–Crippen LogP) is 3.35. The van der Waals surface area contributed by atoms with E-state index in [1.54, 1.807) is 0 Å². The largest absolute Gasteiger partial charge is 0.357 e. The van der Waals surface area contributed by atoms with Crippen molar-refractivity contribution >= 4 is 5.96 Å². The van der Waals surface area contributed by atoms with Crippen molar-refractivity contribution in [1.82, 2.24) is 15.6 Å². The van der Waals surface area contributed by atoms with Gasteiger partial charge in [-0.25, -0.2) is 4.99 Å². The molecule has 1 fully saturated rings. The molecule has 0 spiro atoms. The lowest BCUT2D eigenvalue weighted by molar-refractivity contribution is 0.269. The van der Waals surface area contributed by atoms with Gasteiger partial charge in [-0.3, -0.25) is 4.98 Å². The molecule has 2 rings (SSSR count).